The van der Waals surface area contributed by atoms with Crippen molar-refractivity contribution >= 4 is 64.2 Å². The Morgan fingerprint density at radius 3 is 2.35 bits per heavy atom. The SMILES string of the molecule is CCCCOC(=O)c1ccc(NC(=O)CSc2cccc(NC(=O)/C(=C/c3cccs3)NC(=O)c3ccccc3)c2)cc1. The van der Waals surface area contributed by atoms with Crippen LogP contribution in [0.1, 0.15) is 45.4 Å². The van der Waals surface area contributed by atoms with E-state index in [-0.39, 0.29) is 23.3 Å². The Kier molecular flexibility index (Phi) is 11.7. The van der Waals surface area contributed by atoms with Crippen LogP contribution in [0.4, 0.5) is 11.4 Å². The lowest BCUT2D eigenvalue weighted by Gasteiger charge is -2.12. The molecule has 0 spiro atoms. The van der Waals surface area contributed by atoms with Crippen molar-refractivity contribution in [1.82, 2.24) is 5.32 Å². The summed E-state index contributed by atoms with van der Waals surface area (Å²) >= 11 is 2.75. The summed E-state index contributed by atoms with van der Waals surface area (Å²) in [6.45, 7) is 2.41. The third kappa shape index (κ3) is 9.98. The monoisotopic (exact) mass is 613 g/mol. The van der Waals surface area contributed by atoms with E-state index in [0.29, 0.717) is 29.1 Å². The van der Waals surface area contributed by atoms with Crippen molar-refractivity contribution in [3.8, 4) is 0 Å². The van der Waals surface area contributed by atoms with Crippen LogP contribution in [0.3, 0.4) is 0 Å². The number of rotatable bonds is 13. The van der Waals surface area contributed by atoms with Gasteiger partial charge >= 0.3 is 5.97 Å². The van der Waals surface area contributed by atoms with Crippen molar-refractivity contribution in [2.45, 2.75) is 24.7 Å². The Bertz CT molecular complexity index is 1570. The molecule has 0 saturated carbocycles. The molecule has 0 bridgehead atoms. The van der Waals surface area contributed by atoms with Crippen LogP contribution in [0.25, 0.3) is 6.08 Å². The second-order valence-electron chi connectivity index (χ2n) is 9.28. The van der Waals surface area contributed by atoms with E-state index in [9.17, 15) is 19.2 Å². The Labute approximate surface area is 258 Å². The van der Waals surface area contributed by atoms with Crippen molar-refractivity contribution in [3.63, 3.8) is 0 Å². The molecule has 0 unspecified atom stereocenters. The molecule has 0 aliphatic rings. The van der Waals surface area contributed by atoms with Gasteiger partial charge in [0, 0.05) is 26.7 Å². The first-order valence-electron chi connectivity index (χ1n) is 13.6. The average molecular weight is 614 g/mol. The molecule has 0 aliphatic heterocycles. The van der Waals surface area contributed by atoms with Crippen molar-refractivity contribution in [2.24, 2.45) is 0 Å². The minimum absolute atomic E-state index is 0.106. The molecule has 3 amide bonds. The molecule has 8 nitrogen and oxygen atoms in total. The summed E-state index contributed by atoms with van der Waals surface area (Å²) in [4.78, 5) is 52.2. The van der Waals surface area contributed by atoms with Crippen molar-refractivity contribution in [3.05, 3.63) is 118 Å². The molecule has 43 heavy (non-hydrogen) atoms. The van der Waals surface area contributed by atoms with Crippen LogP contribution < -0.4 is 16.0 Å². The van der Waals surface area contributed by atoms with Gasteiger partial charge in [0.25, 0.3) is 11.8 Å². The normalized spacial score (nSPS) is 11.0. The second-order valence-corrected chi connectivity index (χ2v) is 11.3. The zero-order chi connectivity index (χ0) is 30.4. The van der Waals surface area contributed by atoms with Crippen LogP contribution in [0, 0.1) is 0 Å². The van der Waals surface area contributed by atoms with E-state index in [4.69, 9.17) is 4.74 Å². The number of esters is 1. The van der Waals surface area contributed by atoms with Gasteiger partial charge in [-0.05, 0) is 78.5 Å². The van der Waals surface area contributed by atoms with Gasteiger partial charge in [-0.15, -0.1) is 23.1 Å². The van der Waals surface area contributed by atoms with Crippen LogP contribution >= 0.6 is 23.1 Å². The molecule has 4 rings (SSSR count). The molecule has 10 heteroatoms. The van der Waals surface area contributed by atoms with Gasteiger partial charge in [-0.3, -0.25) is 14.4 Å². The molecule has 3 N–H and O–H groups in total. The van der Waals surface area contributed by atoms with Crippen LogP contribution in [0.15, 0.2) is 107 Å². The summed E-state index contributed by atoms with van der Waals surface area (Å²) in [7, 11) is 0. The minimum Gasteiger partial charge on any atom is -0.462 e. The second kappa shape index (κ2) is 16.1. The molecule has 0 aliphatic carbocycles. The van der Waals surface area contributed by atoms with Gasteiger partial charge in [-0.25, -0.2) is 4.79 Å². The highest BCUT2D eigenvalue weighted by molar-refractivity contribution is 8.00. The first-order valence-corrected chi connectivity index (χ1v) is 15.5. The fourth-order valence-electron chi connectivity index (χ4n) is 3.75. The van der Waals surface area contributed by atoms with E-state index in [1.807, 2.05) is 36.6 Å². The maximum absolute atomic E-state index is 13.2. The van der Waals surface area contributed by atoms with E-state index in [1.54, 1.807) is 72.8 Å². The van der Waals surface area contributed by atoms with Gasteiger partial charge in [0.15, 0.2) is 0 Å². The molecular weight excluding hydrogens is 583 g/mol. The number of nitrogens with one attached hydrogen (secondary N) is 3. The van der Waals surface area contributed by atoms with Crippen LogP contribution in [-0.2, 0) is 14.3 Å². The minimum atomic E-state index is -0.477. The number of hydrogen-bond acceptors (Lipinski definition) is 7. The van der Waals surface area contributed by atoms with E-state index in [1.165, 1.54) is 23.1 Å². The highest BCUT2D eigenvalue weighted by atomic mass is 32.2. The van der Waals surface area contributed by atoms with Crippen LogP contribution in [0.2, 0.25) is 0 Å². The standard InChI is InChI=1S/C33H31N3O5S2/c1-2-3-18-41-33(40)24-14-16-25(17-15-24)34-30(37)22-43-27-12-7-11-26(20-27)35-32(39)29(21-28-13-8-19-42-28)36-31(38)23-9-5-4-6-10-23/h4-17,19-21H,2-3,18,22H2,1H3,(H,34,37)(H,35,39)(H,36,38)/b29-21-. The molecule has 0 fully saturated rings. The Hall–Kier alpha value is -4.67. The fraction of sp³-hybridized carbons (Fsp3) is 0.152. The van der Waals surface area contributed by atoms with Gasteiger partial charge in [0.2, 0.25) is 5.91 Å². The van der Waals surface area contributed by atoms with Crippen LogP contribution in [-0.4, -0.2) is 36.1 Å². The van der Waals surface area contributed by atoms with E-state index < -0.39 is 11.8 Å². The van der Waals surface area contributed by atoms with Crippen LogP contribution in [0.5, 0.6) is 0 Å². The topological polar surface area (TPSA) is 114 Å². The van der Waals surface area contributed by atoms with E-state index in [2.05, 4.69) is 16.0 Å². The van der Waals surface area contributed by atoms with Gasteiger partial charge in [-0.2, -0.15) is 0 Å². The third-order valence-corrected chi connectivity index (χ3v) is 7.77. The number of thiophene rings is 1. The fourth-order valence-corrected chi connectivity index (χ4v) is 5.16. The smallest absolute Gasteiger partial charge is 0.338 e. The molecule has 1 heterocycles. The van der Waals surface area contributed by atoms with E-state index in [0.717, 1.165) is 22.6 Å². The lowest BCUT2D eigenvalue weighted by molar-refractivity contribution is -0.114. The Morgan fingerprint density at radius 2 is 1.63 bits per heavy atom. The molecular formula is C33H31N3O5S2. The molecule has 220 valence electrons. The van der Waals surface area contributed by atoms with Gasteiger partial charge in [0.05, 0.1) is 17.9 Å². The molecule has 3 aromatic carbocycles. The van der Waals surface area contributed by atoms with Crippen molar-refractivity contribution in [1.29, 1.82) is 0 Å². The van der Waals surface area contributed by atoms with Gasteiger partial charge in [-0.1, -0.05) is 43.7 Å². The zero-order valence-electron chi connectivity index (χ0n) is 23.5. The Balaban J connectivity index is 1.33. The number of hydrogen-bond donors (Lipinski definition) is 3. The molecule has 4 aromatic rings. The maximum Gasteiger partial charge on any atom is 0.338 e. The maximum atomic E-state index is 13.2. The molecule has 0 saturated heterocycles. The van der Waals surface area contributed by atoms with Crippen molar-refractivity contribution in [2.75, 3.05) is 23.0 Å². The quantitative estimate of drug-likeness (QED) is 0.0658. The number of benzene rings is 3. The highest BCUT2D eigenvalue weighted by Gasteiger charge is 2.16. The summed E-state index contributed by atoms with van der Waals surface area (Å²) < 4.78 is 5.21. The molecule has 0 atom stereocenters. The molecule has 1 aromatic heterocycles. The lowest BCUT2D eigenvalue weighted by atomic mass is 10.2. The predicted molar refractivity (Wildman–Crippen MR) is 172 cm³/mol. The van der Waals surface area contributed by atoms with E-state index >= 15 is 0 Å². The summed E-state index contributed by atoms with van der Waals surface area (Å²) in [6, 6.07) is 26.1. The summed E-state index contributed by atoms with van der Waals surface area (Å²) in [6.07, 6.45) is 3.39. The number of anilines is 2. The first kappa shape index (κ1) is 31.3. The highest BCUT2D eigenvalue weighted by Crippen LogP contribution is 2.23. The van der Waals surface area contributed by atoms with Gasteiger partial charge < -0.3 is 20.7 Å². The predicted octanol–water partition coefficient (Wildman–Crippen LogP) is 6.85. The first-order chi connectivity index (χ1) is 20.9. The zero-order valence-corrected chi connectivity index (χ0v) is 25.1. The largest absolute Gasteiger partial charge is 0.462 e. The molecule has 0 radical (unpaired) electrons. The third-order valence-electron chi connectivity index (χ3n) is 5.96. The Morgan fingerprint density at radius 1 is 0.837 bits per heavy atom. The number of thioether (sulfide) groups is 1. The number of carbonyl (C=O) groups is 4. The summed E-state index contributed by atoms with van der Waals surface area (Å²) in [5.74, 6) is -1.34. The average Bonchev–Trinajstić information content (AvgIpc) is 3.54. The lowest BCUT2D eigenvalue weighted by Crippen LogP contribution is -2.30. The number of carbonyl (C=O) groups excluding carboxylic acids is 4. The number of amides is 3. The summed E-state index contributed by atoms with van der Waals surface area (Å²) in [5, 5.41) is 10.3. The number of unbranched alkanes of at least 4 members (excludes halogenated alkanes) is 1. The number of ether oxygens (including phenoxy) is 1. The van der Waals surface area contributed by atoms with Crippen molar-refractivity contribution < 1.29 is 23.9 Å². The summed E-state index contributed by atoms with van der Waals surface area (Å²) in [5.41, 5.74) is 2.05. The van der Waals surface area contributed by atoms with Gasteiger partial charge in [0.1, 0.15) is 5.70 Å².